The predicted octanol–water partition coefficient (Wildman–Crippen LogP) is 5.58. The number of esters is 1. The summed E-state index contributed by atoms with van der Waals surface area (Å²) in [5, 5.41) is 31.2. The van der Waals surface area contributed by atoms with E-state index in [-0.39, 0.29) is 16.8 Å². The first-order chi connectivity index (χ1) is 17.6. The number of carbonyl (C=O) groups excluding carboxylic acids is 1. The fourth-order valence-electron chi connectivity index (χ4n) is 7.34. The maximum absolute atomic E-state index is 11.7. The van der Waals surface area contributed by atoms with Crippen molar-refractivity contribution in [3.8, 4) is 0 Å². The molecule has 5 nitrogen and oxygen atoms in total. The van der Waals surface area contributed by atoms with Crippen LogP contribution < -0.4 is 0 Å². The smallest absolute Gasteiger partial charge is 0.330 e. The van der Waals surface area contributed by atoms with E-state index in [0.717, 1.165) is 30.4 Å². The van der Waals surface area contributed by atoms with Crippen molar-refractivity contribution in [3.05, 3.63) is 59.8 Å². The fourth-order valence-corrected chi connectivity index (χ4v) is 7.34. The van der Waals surface area contributed by atoms with Crippen LogP contribution in [-0.2, 0) is 9.53 Å². The van der Waals surface area contributed by atoms with Gasteiger partial charge in [0, 0.05) is 17.9 Å². The molecular weight excluding hydrogens is 464 g/mol. The highest BCUT2D eigenvalue weighted by atomic mass is 16.5. The van der Waals surface area contributed by atoms with Crippen molar-refractivity contribution in [3.63, 3.8) is 0 Å². The Morgan fingerprint density at radius 2 is 1.95 bits per heavy atom. The molecule has 4 fully saturated rings. The quantitative estimate of drug-likeness (QED) is 0.225. The van der Waals surface area contributed by atoms with Gasteiger partial charge in [-0.1, -0.05) is 56.4 Å². The summed E-state index contributed by atoms with van der Waals surface area (Å²) >= 11 is 0. The van der Waals surface area contributed by atoms with Crippen LogP contribution in [0.5, 0.6) is 0 Å². The normalized spacial score (nSPS) is 37.3. The van der Waals surface area contributed by atoms with Crippen LogP contribution in [-0.4, -0.2) is 46.2 Å². The molecule has 204 valence electrons. The van der Waals surface area contributed by atoms with Crippen LogP contribution in [0.4, 0.5) is 0 Å². The Morgan fingerprint density at radius 1 is 1.19 bits per heavy atom. The van der Waals surface area contributed by atoms with Gasteiger partial charge in [-0.05, 0) is 92.6 Å². The van der Waals surface area contributed by atoms with Gasteiger partial charge in [0.2, 0.25) is 0 Å². The number of aliphatic hydroxyl groups is 3. The highest BCUT2D eigenvalue weighted by Crippen LogP contribution is 2.59. The number of aliphatic hydroxyl groups excluding tert-OH is 3. The second-order valence-electron chi connectivity index (χ2n) is 12.2. The molecule has 0 aromatic heterocycles. The maximum Gasteiger partial charge on any atom is 0.330 e. The SMILES string of the molecule is C=C1/C(=C\C=C2/CCC[C@]3(C)[C@@H]([C@H](C)/C=C/[C@@H](O)C4(/C=C/C(=O)OCC)CC4)CC[C@@H]23)C[C@@H](O)C[C@@H]1O. The largest absolute Gasteiger partial charge is 0.463 e. The zero-order valence-electron chi connectivity index (χ0n) is 22.9. The molecule has 0 aromatic rings. The van der Waals surface area contributed by atoms with E-state index >= 15 is 0 Å². The molecule has 37 heavy (non-hydrogen) atoms. The first-order valence-electron chi connectivity index (χ1n) is 14.3. The van der Waals surface area contributed by atoms with Gasteiger partial charge in [0.15, 0.2) is 0 Å². The van der Waals surface area contributed by atoms with E-state index < -0.39 is 18.3 Å². The zero-order chi connectivity index (χ0) is 26.8. The molecule has 0 unspecified atom stereocenters. The van der Waals surface area contributed by atoms with Crippen LogP contribution in [0, 0.1) is 28.6 Å². The van der Waals surface area contributed by atoms with E-state index in [1.807, 2.05) is 12.2 Å². The molecule has 0 heterocycles. The Balaban J connectivity index is 1.43. The molecular formula is C32H46O5. The molecule has 0 aromatic carbocycles. The molecule has 7 atom stereocenters. The third kappa shape index (κ3) is 6.05. The molecule has 0 aliphatic heterocycles. The van der Waals surface area contributed by atoms with Crippen LogP contribution in [0.1, 0.15) is 78.6 Å². The standard InChI is InChI=1S/C32H46O5/c1-5-37-30(36)14-16-32(17-18-32)29(35)13-8-21(2)26-11-12-27-23(7-6-15-31(26,27)4)9-10-24-19-25(33)20-28(34)22(24)3/h8-10,13-14,16,21,25-29,33-35H,3,5-7,11-12,15,17-20H2,1-2,4H3/b13-8+,16-14+,23-9+,24-10-/t21-,25-,26-,27+,28+,29-,31-/m1/s1. The molecule has 0 amide bonds. The molecule has 4 rings (SSSR count). The van der Waals surface area contributed by atoms with E-state index in [1.54, 1.807) is 6.92 Å². The number of hydrogen-bond acceptors (Lipinski definition) is 5. The van der Waals surface area contributed by atoms with Gasteiger partial charge in [0.05, 0.1) is 24.9 Å². The van der Waals surface area contributed by atoms with Gasteiger partial charge >= 0.3 is 5.97 Å². The number of hydrogen-bond donors (Lipinski definition) is 3. The molecule has 5 heteroatoms. The lowest BCUT2D eigenvalue weighted by atomic mass is 9.61. The second kappa shape index (κ2) is 11.4. The van der Waals surface area contributed by atoms with Gasteiger partial charge in [-0.15, -0.1) is 0 Å². The molecule has 0 bridgehead atoms. The van der Waals surface area contributed by atoms with Crippen LogP contribution in [0.2, 0.25) is 0 Å². The Labute approximate surface area is 222 Å². The van der Waals surface area contributed by atoms with E-state index in [9.17, 15) is 20.1 Å². The lowest BCUT2D eigenvalue weighted by Gasteiger charge is -2.44. The summed E-state index contributed by atoms with van der Waals surface area (Å²) in [6.07, 6.45) is 18.6. The summed E-state index contributed by atoms with van der Waals surface area (Å²) in [6.45, 7) is 10.9. The summed E-state index contributed by atoms with van der Waals surface area (Å²) in [5.74, 6) is 1.10. The molecule has 0 radical (unpaired) electrons. The molecule has 4 aliphatic carbocycles. The highest BCUT2D eigenvalue weighted by molar-refractivity contribution is 5.82. The summed E-state index contributed by atoms with van der Waals surface area (Å²) in [7, 11) is 0. The first-order valence-corrected chi connectivity index (χ1v) is 14.3. The number of fused-ring (bicyclic) bond motifs is 1. The monoisotopic (exact) mass is 510 g/mol. The third-order valence-electron chi connectivity index (χ3n) is 9.79. The average molecular weight is 511 g/mol. The van der Waals surface area contributed by atoms with Crippen LogP contribution in [0.25, 0.3) is 0 Å². The van der Waals surface area contributed by atoms with Gasteiger partial charge in [0.1, 0.15) is 0 Å². The molecule has 3 N–H and O–H groups in total. The predicted molar refractivity (Wildman–Crippen MR) is 146 cm³/mol. The summed E-state index contributed by atoms with van der Waals surface area (Å²) in [4.78, 5) is 11.7. The molecule has 4 saturated carbocycles. The van der Waals surface area contributed by atoms with Crippen molar-refractivity contribution in [2.24, 2.45) is 28.6 Å². The van der Waals surface area contributed by atoms with Gasteiger partial charge in [0.25, 0.3) is 0 Å². The Morgan fingerprint density at radius 3 is 2.65 bits per heavy atom. The maximum atomic E-state index is 11.7. The van der Waals surface area contributed by atoms with Crippen LogP contribution >= 0.6 is 0 Å². The van der Waals surface area contributed by atoms with Gasteiger partial charge < -0.3 is 20.1 Å². The van der Waals surface area contributed by atoms with Gasteiger partial charge in [-0.2, -0.15) is 0 Å². The van der Waals surface area contributed by atoms with Crippen molar-refractivity contribution in [1.29, 1.82) is 0 Å². The van der Waals surface area contributed by atoms with E-state index in [2.05, 4.69) is 38.7 Å². The Bertz CT molecular complexity index is 983. The van der Waals surface area contributed by atoms with Crippen LogP contribution in [0.3, 0.4) is 0 Å². The number of ether oxygens (including phenoxy) is 1. The topological polar surface area (TPSA) is 87.0 Å². The van der Waals surface area contributed by atoms with Crippen molar-refractivity contribution < 1.29 is 24.9 Å². The fraction of sp³-hybridized carbons (Fsp3) is 0.656. The summed E-state index contributed by atoms with van der Waals surface area (Å²) in [5.41, 5.74) is 3.10. The van der Waals surface area contributed by atoms with Crippen molar-refractivity contribution >= 4 is 5.97 Å². The second-order valence-corrected chi connectivity index (χ2v) is 12.2. The molecule has 4 aliphatic rings. The number of allylic oxidation sites excluding steroid dienone is 4. The average Bonchev–Trinajstić information content (AvgIpc) is 3.57. The van der Waals surface area contributed by atoms with Crippen molar-refractivity contribution in [2.75, 3.05) is 6.61 Å². The number of carbonyl (C=O) groups is 1. The van der Waals surface area contributed by atoms with Crippen molar-refractivity contribution in [2.45, 2.75) is 96.9 Å². The van der Waals surface area contributed by atoms with E-state index in [1.165, 1.54) is 37.3 Å². The van der Waals surface area contributed by atoms with Gasteiger partial charge in [-0.25, -0.2) is 4.79 Å². The van der Waals surface area contributed by atoms with Gasteiger partial charge in [-0.3, -0.25) is 0 Å². The summed E-state index contributed by atoms with van der Waals surface area (Å²) < 4.78 is 4.99. The highest BCUT2D eigenvalue weighted by Gasteiger charge is 2.50. The number of rotatable bonds is 8. The lowest BCUT2D eigenvalue weighted by molar-refractivity contribution is -0.137. The minimum atomic E-state index is -0.653. The third-order valence-corrected chi connectivity index (χ3v) is 9.79. The first kappa shape index (κ1) is 28.1. The summed E-state index contributed by atoms with van der Waals surface area (Å²) in [6, 6.07) is 0. The Hall–Kier alpha value is -1.95. The molecule has 0 saturated heterocycles. The van der Waals surface area contributed by atoms with E-state index in [4.69, 9.17) is 4.74 Å². The molecule has 0 spiro atoms. The Kier molecular flexibility index (Phi) is 8.67. The van der Waals surface area contributed by atoms with Crippen LogP contribution in [0.15, 0.2) is 59.8 Å². The minimum Gasteiger partial charge on any atom is -0.463 e. The van der Waals surface area contributed by atoms with E-state index in [0.29, 0.717) is 37.2 Å². The lowest BCUT2D eigenvalue weighted by Crippen LogP contribution is -2.35. The van der Waals surface area contributed by atoms with Crippen molar-refractivity contribution in [1.82, 2.24) is 0 Å². The minimum absolute atomic E-state index is 0.223. The zero-order valence-corrected chi connectivity index (χ0v) is 22.9.